The average molecular weight is 508 g/mol. The average Bonchev–Trinajstić information content (AvgIpc) is 2.42. The van der Waals surface area contributed by atoms with Crippen molar-refractivity contribution in [2.75, 3.05) is 7.11 Å². The molecule has 0 bridgehead atoms. The third kappa shape index (κ3) is 4.03. The van der Waals surface area contributed by atoms with Crippen LogP contribution in [0.15, 0.2) is 30.3 Å². The van der Waals surface area contributed by atoms with Gasteiger partial charge in [-0.1, -0.05) is 13.8 Å². The Hall–Kier alpha value is -0.500. The molecule has 0 amide bonds. The van der Waals surface area contributed by atoms with Crippen LogP contribution in [-0.2, 0) is 0 Å². The van der Waals surface area contributed by atoms with Crippen molar-refractivity contribution in [1.29, 1.82) is 0 Å². The Morgan fingerprint density at radius 1 is 1.00 bits per heavy atom. The lowest BCUT2D eigenvalue weighted by Gasteiger charge is -2.15. The summed E-state index contributed by atoms with van der Waals surface area (Å²) in [6.45, 7) is 6.40. The second kappa shape index (κ2) is 7.17. The second-order valence-electron chi connectivity index (χ2n) is 5.22. The van der Waals surface area contributed by atoms with Crippen LogP contribution in [0.1, 0.15) is 30.9 Å². The molecule has 0 aliphatic rings. The summed E-state index contributed by atoms with van der Waals surface area (Å²) in [5.41, 5.74) is 2.40. The van der Waals surface area contributed by atoms with Crippen molar-refractivity contribution in [3.8, 4) is 17.2 Å². The maximum absolute atomic E-state index is 6.11. The van der Waals surface area contributed by atoms with Crippen LogP contribution in [0.25, 0.3) is 0 Å². The van der Waals surface area contributed by atoms with Crippen LogP contribution < -0.4 is 9.47 Å². The monoisotopic (exact) mass is 508 g/mol. The van der Waals surface area contributed by atoms with E-state index >= 15 is 0 Å². The minimum absolute atomic E-state index is 0.389. The van der Waals surface area contributed by atoms with E-state index in [1.54, 1.807) is 7.11 Å². The SMILES string of the molecule is COc1ccc(Oc2c(I)cc(C)cc2I)cc1C(C)C. The highest BCUT2D eigenvalue weighted by atomic mass is 127. The first-order valence-electron chi connectivity index (χ1n) is 6.73. The molecule has 0 spiro atoms. The predicted octanol–water partition coefficient (Wildman–Crippen LogP) is 6.13. The van der Waals surface area contributed by atoms with Crippen LogP contribution in [0.4, 0.5) is 0 Å². The minimum Gasteiger partial charge on any atom is -0.496 e. The van der Waals surface area contributed by atoms with Gasteiger partial charge in [-0.2, -0.15) is 0 Å². The van der Waals surface area contributed by atoms with Gasteiger partial charge in [0.25, 0.3) is 0 Å². The van der Waals surface area contributed by atoms with E-state index in [0.29, 0.717) is 5.92 Å². The van der Waals surface area contributed by atoms with Crippen LogP contribution >= 0.6 is 45.2 Å². The van der Waals surface area contributed by atoms with E-state index in [0.717, 1.165) is 30.0 Å². The molecule has 0 N–H and O–H groups in total. The number of halogens is 2. The Labute approximate surface area is 153 Å². The summed E-state index contributed by atoms with van der Waals surface area (Å²) in [5.74, 6) is 3.06. The molecule has 0 radical (unpaired) electrons. The van der Waals surface area contributed by atoms with E-state index in [-0.39, 0.29) is 0 Å². The number of hydrogen-bond donors (Lipinski definition) is 0. The van der Waals surface area contributed by atoms with Crippen molar-refractivity contribution in [3.05, 3.63) is 48.6 Å². The van der Waals surface area contributed by atoms with Gasteiger partial charge in [-0.05, 0) is 93.9 Å². The van der Waals surface area contributed by atoms with Crippen molar-refractivity contribution in [1.82, 2.24) is 0 Å². The fourth-order valence-electron chi connectivity index (χ4n) is 2.13. The van der Waals surface area contributed by atoms with Gasteiger partial charge in [0.15, 0.2) is 5.75 Å². The number of methoxy groups -OCH3 is 1. The Morgan fingerprint density at radius 3 is 2.14 bits per heavy atom. The van der Waals surface area contributed by atoms with Gasteiger partial charge in [-0.15, -0.1) is 0 Å². The maximum atomic E-state index is 6.11. The molecule has 0 saturated carbocycles. The van der Waals surface area contributed by atoms with Gasteiger partial charge in [0.1, 0.15) is 11.5 Å². The van der Waals surface area contributed by atoms with Gasteiger partial charge < -0.3 is 9.47 Å². The van der Waals surface area contributed by atoms with E-state index in [9.17, 15) is 0 Å². The zero-order valence-electron chi connectivity index (χ0n) is 12.5. The fourth-order valence-corrected chi connectivity index (χ4v) is 4.43. The predicted molar refractivity (Wildman–Crippen MR) is 104 cm³/mol. The highest BCUT2D eigenvalue weighted by Gasteiger charge is 2.12. The largest absolute Gasteiger partial charge is 0.496 e. The van der Waals surface area contributed by atoms with Crippen molar-refractivity contribution in [3.63, 3.8) is 0 Å². The summed E-state index contributed by atoms with van der Waals surface area (Å²) in [7, 11) is 1.70. The molecule has 4 heteroatoms. The Morgan fingerprint density at radius 2 is 1.62 bits per heavy atom. The molecule has 0 aliphatic carbocycles. The van der Waals surface area contributed by atoms with E-state index in [4.69, 9.17) is 9.47 Å². The molecule has 112 valence electrons. The molecule has 2 aromatic rings. The van der Waals surface area contributed by atoms with Crippen LogP contribution in [0.5, 0.6) is 17.2 Å². The van der Waals surface area contributed by atoms with Crippen molar-refractivity contribution in [2.45, 2.75) is 26.7 Å². The van der Waals surface area contributed by atoms with Crippen molar-refractivity contribution < 1.29 is 9.47 Å². The third-order valence-electron chi connectivity index (χ3n) is 3.19. The summed E-state index contributed by atoms with van der Waals surface area (Å²) in [6, 6.07) is 10.3. The van der Waals surface area contributed by atoms with Gasteiger partial charge in [-0.3, -0.25) is 0 Å². The number of ether oxygens (including phenoxy) is 2. The van der Waals surface area contributed by atoms with E-state index in [1.807, 2.05) is 12.1 Å². The maximum Gasteiger partial charge on any atom is 0.154 e. The van der Waals surface area contributed by atoms with Gasteiger partial charge in [0, 0.05) is 5.56 Å². The first-order chi connectivity index (χ1) is 9.92. The third-order valence-corrected chi connectivity index (χ3v) is 4.79. The molecule has 0 heterocycles. The Bertz CT molecular complexity index is 628. The summed E-state index contributed by atoms with van der Waals surface area (Å²) in [4.78, 5) is 0. The van der Waals surface area contributed by atoms with E-state index in [2.05, 4.69) is 84.2 Å². The zero-order valence-corrected chi connectivity index (χ0v) is 16.9. The molecule has 0 fully saturated rings. The molecule has 0 aliphatic heterocycles. The lowest BCUT2D eigenvalue weighted by atomic mass is 10.0. The summed E-state index contributed by atoms with van der Waals surface area (Å²) < 4.78 is 13.8. The standard InChI is InChI=1S/C17H18I2O2/c1-10(2)13-9-12(5-6-16(13)20-4)21-17-14(18)7-11(3)8-15(17)19/h5-10H,1-4H3. The summed E-state index contributed by atoms with van der Waals surface area (Å²) >= 11 is 4.64. The fraction of sp³-hybridized carbons (Fsp3) is 0.294. The molecule has 0 saturated heterocycles. The van der Waals surface area contributed by atoms with Crippen LogP contribution in [0, 0.1) is 14.1 Å². The number of hydrogen-bond acceptors (Lipinski definition) is 2. The second-order valence-corrected chi connectivity index (χ2v) is 7.54. The van der Waals surface area contributed by atoms with Crippen LogP contribution in [0.3, 0.4) is 0 Å². The summed E-state index contributed by atoms with van der Waals surface area (Å²) in [6.07, 6.45) is 0. The van der Waals surface area contributed by atoms with Gasteiger partial charge >= 0.3 is 0 Å². The molecule has 21 heavy (non-hydrogen) atoms. The molecule has 2 rings (SSSR count). The molecule has 2 nitrogen and oxygen atoms in total. The Kier molecular flexibility index (Phi) is 5.76. The first-order valence-corrected chi connectivity index (χ1v) is 8.89. The van der Waals surface area contributed by atoms with Gasteiger partial charge in [0.2, 0.25) is 0 Å². The van der Waals surface area contributed by atoms with Gasteiger partial charge in [0.05, 0.1) is 14.3 Å². The highest BCUT2D eigenvalue weighted by molar-refractivity contribution is 14.1. The minimum atomic E-state index is 0.389. The normalized spacial score (nSPS) is 10.8. The van der Waals surface area contributed by atoms with Crippen LogP contribution in [-0.4, -0.2) is 7.11 Å². The number of rotatable bonds is 4. The molecule has 0 atom stereocenters. The molecular weight excluding hydrogens is 490 g/mol. The number of benzene rings is 2. The summed E-state index contributed by atoms with van der Waals surface area (Å²) in [5, 5.41) is 0. The lowest BCUT2D eigenvalue weighted by Crippen LogP contribution is -1.97. The van der Waals surface area contributed by atoms with Gasteiger partial charge in [-0.25, -0.2) is 0 Å². The molecular formula is C17H18I2O2. The highest BCUT2D eigenvalue weighted by Crippen LogP contribution is 2.36. The van der Waals surface area contributed by atoms with E-state index in [1.165, 1.54) is 5.56 Å². The topological polar surface area (TPSA) is 18.5 Å². The molecule has 0 unspecified atom stereocenters. The zero-order chi connectivity index (χ0) is 15.6. The van der Waals surface area contributed by atoms with E-state index < -0.39 is 0 Å². The van der Waals surface area contributed by atoms with Crippen molar-refractivity contribution in [2.24, 2.45) is 0 Å². The number of aryl methyl sites for hydroxylation is 1. The molecule has 2 aromatic carbocycles. The lowest BCUT2D eigenvalue weighted by molar-refractivity contribution is 0.405. The Balaban J connectivity index is 2.39. The van der Waals surface area contributed by atoms with Crippen LogP contribution in [0.2, 0.25) is 0 Å². The van der Waals surface area contributed by atoms with Crippen molar-refractivity contribution >= 4 is 45.2 Å². The quantitative estimate of drug-likeness (QED) is 0.463. The first kappa shape index (κ1) is 16.9. The molecule has 0 aromatic heterocycles. The smallest absolute Gasteiger partial charge is 0.154 e.